The molecule has 0 bridgehead atoms. The van der Waals surface area contributed by atoms with Gasteiger partial charge in [0.2, 0.25) is 17.7 Å². The standard InChI is InChI=1S/C36H42N6O5S/c1-3-47-26-16-14-25(15-17-26)40-22-10-18-35(2)29(32(40)44)30-33(45)41(21-8-4-5-9-23-43)31-34(46)39(20-11-19-36(30,31)48-35)24-42-28-13-7-6-12-27(28)37-38-42/h6-7,10-19,29-31,43H,3-5,8-9,20-24H2,1-2H3/t29-,30-,31?,35+,36-/m0/s1. The van der Waals surface area contributed by atoms with E-state index in [0.29, 0.717) is 39.1 Å². The van der Waals surface area contributed by atoms with Crippen LogP contribution in [0.2, 0.25) is 0 Å². The fraction of sp³-hybridized carbons (Fsp3) is 0.472. The quantitative estimate of drug-likeness (QED) is 0.240. The number of anilines is 1. The minimum Gasteiger partial charge on any atom is -0.494 e. The van der Waals surface area contributed by atoms with Crippen molar-refractivity contribution >= 4 is 46.2 Å². The number of fused-ring (bicyclic) bond motifs is 3. The van der Waals surface area contributed by atoms with Crippen LogP contribution < -0.4 is 9.64 Å². The molecule has 1 spiro atoms. The number of aromatic nitrogens is 3. The molecule has 1 unspecified atom stereocenters. The molecule has 4 aliphatic heterocycles. The van der Waals surface area contributed by atoms with E-state index in [0.717, 1.165) is 35.3 Å². The Morgan fingerprint density at radius 1 is 0.917 bits per heavy atom. The SMILES string of the molecule is CCOc1ccc(N2CC=C[C@@]3(C)S[C@]45C=CCN(Cn6nnc7ccccc76)C(=O)C4N(CCCCCCO)C(=O)[C@@H]5[C@H]3C2=O)cc1. The van der Waals surface area contributed by atoms with Crippen LogP contribution in [0.25, 0.3) is 11.0 Å². The lowest BCUT2D eigenvalue weighted by Gasteiger charge is -2.36. The molecule has 0 aliphatic carbocycles. The predicted molar refractivity (Wildman–Crippen MR) is 184 cm³/mol. The van der Waals surface area contributed by atoms with Gasteiger partial charge in [-0.3, -0.25) is 14.4 Å². The highest BCUT2D eigenvalue weighted by Crippen LogP contribution is 2.65. The molecule has 48 heavy (non-hydrogen) atoms. The van der Waals surface area contributed by atoms with Crippen molar-refractivity contribution < 1.29 is 24.2 Å². The van der Waals surface area contributed by atoms with Gasteiger partial charge in [-0.25, -0.2) is 4.68 Å². The van der Waals surface area contributed by atoms with E-state index < -0.39 is 27.4 Å². The lowest BCUT2D eigenvalue weighted by atomic mass is 9.74. The first kappa shape index (κ1) is 32.4. The molecule has 0 radical (unpaired) electrons. The van der Waals surface area contributed by atoms with Crippen LogP contribution in [0, 0.1) is 11.8 Å². The molecule has 5 heterocycles. The van der Waals surface area contributed by atoms with Gasteiger partial charge in [-0.2, -0.15) is 0 Å². The first-order chi connectivity index (χ1) is 23.3. The number of hydrogen-bond donors (Lipinski definition) is 1. The molecule has 2 fully saturated rings. The average Bonchev–Trinajstić information content (AvgIpc) is 3.61. The minimum atomic E-state index is -0.931. The van der Waals surface area contributed by atoms with Crippen molar-refractivity contribution in [2.24, 2.45) is 11.8 Å². The Labute approximate surface area is 284 Å². The maximum absolute atomic E-state index is 14.8. The Morgan fingerprint density at radius 3 is 2.48 bits per heavy atom. The van der Waals surface area contributed by atoms with Gasteiger partial charge in [0.15, 0.2) is 0 Å². The van der Waals surface area contributed by atoms with E-state index in [1.54, 1.807) is 31.1 Å². The third-order valence-corrected chi connectivity index (χ3v) is 11.9. The van der Waals surface area contributed by atoms with Gasteiger partial charge in [0, 0.05) is 36.7 Å². The van der Waals surface area contributed by atoms with E-state index in [1.165, 1.54) is 0 Å². The smallest absolute Gasteiger partial charge is 0.248 e. The zero-order chi connectivity index (χ0) is 33.5. The fourth-order valence-corrected chi connectivity index (χ4v) is 10.1. The number of thioether (sulfide) groups is 1. The zero-order valence-corrected chi connectivity index (χ0v) is 28.2. The van der Waals surface area contributed by atoms with Crippen LogP contribution in [0.4, 0.5) is 5.69 Å². The average molecular weight is 671 g/mol. The maximum atomic E-state index is 14.8. The molecule has 5 atom stereocenters. The molecular formula is C36H42N6O5S. The van der Waals surface area contributed by atoms with Crippen molar-refractivity contribution in [1.29, 1.82) is 0 Å². The molecule has 1 N–H and O–H groups in total. The van der Waals surface area contributed by atoms with Crippen LogP contribution in [-0.4, -0.2) is 96.0 Å². The van der Waals surface area contributed by atoms with Gasteiger partial charge < -0.3 is 24.5 Å². The number of carbonyl (C=O) groups is 3. The number of amides is 3. The Morgan fingerprint density at radius 2 is 1.69 bits per heavy atom. The van der Waals surface area contributed by atoms with E-state index in [2.05, 4.69) is 22.5 Å². The van der Waals surface area contributed by atoms with E-state index >= 15 is 0 Å². The van der Waals surface area contributed by atoms with Crippen LogP contribution in [0.15, 0.2) is 72.8 Å². The number of para-hydroxylation sites is 1. The molecule has 2 aromatic carbocycles. The molecule has 1 aromatic heterocycles. The summed E-state index contributed by atoms with van der Waals surface area (Å²) in [5.74, 6) is -1.08. The van der Waals surface area contributed by atoms with Gasteiger partial charge in [0.05, 0.1) is 28.7 Å². The van der Waals surface area contributed by atoms with Crippen molar-refractivity contribution in [2.75, 3.05) is 37.7 Å². The highest BCUT2D eigenvalue weighted by Gasteiger charge is 2.73. The number of unbranched alkanes of at least 4 members (excludes halogenated alkanes) is 3. The van der Waals surface area contributed by atoms with Gasteiger partial charge in [-0.1, -0.05) is 54.5 Å². The summed E-state index contributed by atoms with van der Waals surface area (Å²) in [4.78, 5) is 49.5. The highest BCUT2D eigenvalue weighted by molar-refractivity contribution is 8.02. The van der Waals surface area contributed by atoms with Crippen molar-refractivity contribution in [2.45, 2.75) is 61.7 Å². The Bertz CT molecular complexity index is 1760. The highest BCUT2D eigenvalue weighted by atomic mass is 32.2. The number of likely N-dealkylation sites (tertiary alicyclic amines) is 1. The Hall–Kier alpha value is -4.16. The second-order valence-electron chi connectivity index (χ2n) is 13.1. The van der Waals surface area contributed by atoms with Crippen molar-refractivity contribution in [3.05, 3.63) is 72.8 Å². The molecule has 252 valence electrons. The summed E-state index contributed by atoms with van der Waals surface area (Å²) >= 11 is 1.59. The maximum Gasteiger partial charge on any atom is 0.248 e. The van der Waals surface area contributed by atoms with Gasteiger partial charge in [0.1, 0.15) is 24.0 Å². The summed E-state index contributed by atoms with van der Waals surface area (Å²) < 4.78 is 5.72. The molecule has 0 saturated carbocycles. The predicted octanol–water partition coefficient (Wildman–Crippen LogP) is 4.03. The van der Waals surface area contributed by atoms with Gasteiger partial charge >= 0.3 is 0 Å². The lowest BCUT2D eigenvalue weighted by Crippen LogP contribution is -2.53. The fourth-order valence-electron chi connectivity index (χ4n) is 7.99. The van der Waals surface area contributed by atoms with Crippen molar-refractivity contribution in [3.63, 3.8) is 0 Å². The number of aliphatic hydroxyl groups excluding tert-OH is 1. The second kappa shape index (κ2) is 13.0. The first-order valence-electron chi connectivity index (χ1n) is 16.9. The monoisotopic (exact) mass is 670 g/mol. The van der Waals surface area contributed by atoms with Crippen LogP contribution in [0.1, 0.15) is 39.5 Å². The third kappa shape index (κ3) is 5.38. The number of hydrogen-bond acceptors (Lipinski definition) is 8. The van der Waals surface area contributed by atoms with Crippen molar-refractivity contribution in [3.8, 4) is 5.75 Å². The number of benzene rings is 2. The van der Waals surface area contributed by atoms with Gasteiger partial charge in [0.25, 0.3) is 0 Å². The molecule has 2 saturated heterocycles. The van der Waals surface area contributed by atoms with Crippen LogP contribution in [0.3, 0.4) is 0 Å². The van der Waals surface area contributed by atoms with E-state index in [4.69, 9.17) is 4.74 Å². The summed E-state index contributed by atoms with van der Waals surface area (Å²) in [7, 11) is 0. The zero-order valence-electron chi connectivity index (χ0n) is 27.4. The number of carbonyl (C=O) groups excluding carboxylic acids is 3. The van der Waals surface area contributed by atoms with E-state index in [9.17, 15) is 19.5 Å². The summed E-state index contributed by atoms with van der Waals surface area (Å²) in [5.41, 5.74) is 2.31. The van der Waals surface area contributed by atoms with E-state index in [-0.39, 0.29) is 31.0 Å². The summed E-state index contributed by atoms with van der Waals surface area (Å²) in [5, 5.41) is 17.9. The largest absolute Gasteiger partial charge is 0.494 e. The lowest BCUT2D eigenvalue weighted by molar-refractivity contribution is -0.143. The molecule has 3 amide bonds. The first-order valence-corrected chi connectivity index (χ1v) is 17.7. The topological polar surface area (TPSA) is 121 Å². The molecule has 4 aliphatic rings. The number of nitrogens with zero attached hydrogens (tertiary/aromatic N) is 6. The number of ether oxygens (including phenoxy) is 1. The van der Waals surface area contributed by atoms with E-state index in [1.807, 2.05) is 74.5 Å². The Balaban J connectivity index is 1.25. The normalized spacial score (nSPS) is 28.1. The van der Waals surface area contributed by atoms with Gasteiger partial charge in [-0.15, -0.1) is 16.9 Å². The molecular weight excluding hydrogens is 629 g/mol. The molecule has 7 rings (SSSR count). The number of aliphatic hydroxyl groups is 1. The molecule has 12 heteroatoms. The van der Waals surface area contributed by atoms with Gasteiger partial charge in [-0.05, 0) is 63.1 Å². The Kier molecular flexibility index (Phi) is 8.80. The molecule has 3 aromatic rings. The number of rotatable bonds is 11. The van der Waals surface area contributed by atoms with Crippen LogP contribution in [0.5, 0.6) is 5.75 Å². The summed E-state index contributed by atoms with van der Waals surface area (Å²) in [6.07, 6.45) is 11.2. The van der Waals surface area contributed by atoms with Crippen molar-refractivity contribution in [1.82, 2.24) is 24.8 Å². The summed E-state index contributed by atoms with van der Waals surface area (Å²) in [6, 6.07) is 14.3. The third-order valence-electron chi connectivity index (χ3n) is 10.1. The van der Waals surface area contributed by atoms with Crippen LogP contribution >= 0.6 is 11.8 Å². The molecule has 11 nitrogen and oxygen atoms in total. The van der Waals surface area contributed by atoms with Crippen LogP contribution in [-0.2, 0) is 21.1 Å². The minimum absolute atomic E-state index is 0.117. The summed E-state index contributed by atoms with van der Waals surface area (Å²) in [6.45, 7) is 5.98. The second-order valence-corrected chi connectivity index (χ2v) is 14.9.